The summed E-state index contributed by atoms with van der Waals surface area (Å²) in [4.78, 5) is -0.309. The van der Waals surface area contributed by atoms with Gasteiger partial charge in [-0.05, 0) is 17.7 Å². The van der Waals surface area contributed by atoms with Gasteiger partial charge in [0.25, 0.3) is 0 Å². The Balaban J connectivity index is 2.43. The van der Waals surface area contributed by atoms with Crippen molar-refractivity contribution in [1.29, 1.82) is 0 Å². The van der Waals surface area contributed by atoms with Gasteiger partial charge < -0.3 is 4.52 Å². The zero-order valence-corrected chi connectivity index (χ0v) is 12.4. The number of rotatable bonds is 4. The predicted molar refractivity (Wildman–Crippen MR) is 69.1 cm³/mol. The summed E-state index contributed by atoms with van der Waals surface area (Å²) in [5.41, 5.74) is -0.754. The molecule has 3 nitrogen and oxygen atoms in total. The van der Waals surface area contributed by atoms with Crippen LogP contribution < -0.4 is 0 Å². The minimum atomic E-state index is -4.82. The maximum absolute atomic E-state index is 13.0. The second-order valence-electron chi connectivity index (χ2n) is 4.63. The third kappa shape index (κ3) is 4.34. The second kappa shape index (κ2) is 6.54. The molecular formula is C13H8F7NO2S. The van der Waals surface area contributed by atoms with Crippen molar-refractivity contribution in [3.05, 3.63) is 35.6 Å². The number of hydrogen-bond donors (Lipinski definition) is 0. The summed E-state index contributed by atoms with van der Waals surface area (Å²) in [5, 5.41) is 3.15. The monoisotopic (exact) mass is 375 g/mol. The van der Waals surface area contributed by atoms with E-state index in [1.165, 1.54) is 0 Å². The number of alkyl halides is 7. The van der Waals surface area contributed by atoms with Gasteiger partial charge in [0.1, 0.15) is 18.1 Å². The van der Waals surface area contributed by atoms with Crippen molar-refractivity contribution in [3.8, 4) is 11.3 Å². The van der Waals surface area contributed by atoms with E-state index in [1.54, 1.807) is 0 Å². The van der Waals surface area contributed by atoms with Gasteiger partial charge in [-0.25, -0.2) is 4.39 Å². The third-order valence-electron chi connectivity index (χ3n) is 2.85. The van der Waals surface area contributed by atoms with Crippen molar-refractivity contribution in [3.63, 3.8) is 0 Å². The van der Waals surface area contributed by atoms with Gasteiger partial charge in [0.2, 0.25) is 5.76 Å². The van der Waals surface area contributed by atoms with E-state index in [9.17, 15) is 34.9 Å². The Labute approximate surface area is 132 Å². The molecule has 1 aromatic heterocycles. The Morgan fingerprint density at radius 3 is 2.25 bits per heavy atom. The van der Waals surface area contributed by atoms with Crippen LogP contribution in [-0.2, 0) is 23.7 Å². The molecule has 11 heteroatoms. The van der Waals surface area contributed by atoms with Crippen LogP contribution in [0.2, 0.25) is 0 Å². The Kier molecular flexibility index (Phi) is 5.02. The van der Waals surface area contributed by atoms with Crippen LogP contribution in [0.1, 0.15) is 11.3 Å². The number of nitrogens with zero attached hydrogens (tertiary/aromatic N) is 1. The molecule has 1 heterocycles. The van der Waals surface area contributed by atoms with Gasteiger partial charge in [-0.3, -0.25) is 4.21 Å². The molecule has 1 atom stereocenters. The SMILES string of the molecule is O=S(CC(F)(F)F)c1ccc(CF)c(-c2cc(C(F)(F)F)on2)c1. The maximum Gasteiger partial charge on any atom is 0.452 e. The van der Waals surface area contributed by atoms with Crippen LogP contribution in [0.15, 0.2) is 33.7 Å². The molecule has 0 saturated heterocycles. The molecule has 0 aliphatic carbocycles. The summed E-state index contributed by atoms with van der Waals surface area (Å²) < 4.78 is 103. The molecule has 0 spiro atoms. The number of benzene rings is 1. The Morgan fingerprint density at radius 2 is 1.75 bits per heavy atom. The molecule has 0 aliphatic rings. The van der Waals surface area contributed by atoms with E-state index in [2.05, 4.69) is 9.68 Å². The summed E-state index contributed by atoms with van der Waals surface area (Å²) in [5.74, 6) is -3.07. The Bertz CT molecular complexity index is 752. The van der Waals surface area contributed by atoms with E-state index in [0.29, 0.717) is 6.07 Å². The lowest BCUT2D eigenvalue weighted by atomic mass is 10.1. The van der Waals surface area contributed by atoms with Crippen LogP contribution in [0.25, 0.3) is 11.3 Å². The van der Waals surface area contributed by atoms with Gasteiger partial charge in [-0.2, -0.15) is 26.3 Å². The summed E-state index contributed by atoms with van der Waals surface area (Å²) in [7, 11) is -2.49. The van der Waals surface area contributed by atoms with Crippen molar-refractivity contribution in [1.82, 2.24) is 5.16 Å². The van der Waals surface area contributed by atoms with Gasteiger partial charge >= 0.3 is 12.4 Å². The minimum absolute atomic E-state index is 0.121. The van der Waals surface area contributed by atoms with E-state index in [0.717, 1.165) is 18.2 Å². The quantitative estimate of drug-likeness (QED) is 0.739. The normalized spacial score (nSPS) is 14.0. The predicted octanol–water partition coefficient (Wildman–Crippen LogP) is 4.50. The van der Waals surface area contributed by atoms with E-state index in [4.69, 9.17) is 0 Å². The first-order chi connectivity index (χ1) is 11.0. The molecule has 24 heavy (non-hydrogen) atoms. The van der Waals surface area contributed by atoms with E-state index >= 15 is 0 Å². The fourth-order valence-corrected chi connectivity index (χ4v) is 2.75. The fourth-order valence-electron chi connectivity index (χ4n) is 1.82. The Morgan fingerprint density at radius 1 is 1.08 bits per heavy atom. The zero-order valence-electron chi connectivity index (χ0n) is 11.5. The molecule has 0 aliphatic heterocycles. The van der Waals surface area contributed by atoms with Gasteiger partial charge in [-0.1, -0.05) is 11.2 Å². The van der Waals surface area contributed by atoms with Crippen LogP contribution in [0, 0.1) is 0 Å². The Hall–Kier alpha value is -1.91. The van der Waals surface area contributed by atoms with Crippen LogP contribution in [-0.4, -0.2) is 21.3 Å². The first-order valence-electron chi connectivity index (χ1n) is 6.19. The summed E-state index contributed by atoms with van der Waals surface area (Å²) in [6, 6.07) is 3.46. The highest BCUT2D eigenvalue weighted by Gasteiger charge is 2.36. The molecule has 2 aromatic rings. The van der Waals surface area contributed by atoms with Crippen LogP contribution in [0.3, 0.4) is 0 Å². The first kappa shape index (κ1) is 18.4. The highest BCUT2D eigenvalue weighted by Crippen LogP contribution is 2.34. The molecule has 2 rings (SSSR count). The van der Waals surface area contributed by atoms with E-state index in [-0.39, 0.29) is 16.0 Å². The largest absolute Gasteiger partial charge is 0.452 e. The molecule has 0 saturated carbocycles. The standard InChI is InChI=1S/C13H8F7NO2S/c14-5-7-1-2-8(24(22)6-12(15,16)17)3-9(7)10-4-11(23-21-10)13(18,19)20/h1-4H,5-6H2. The first-order valence-corrected chi connectivity index (χ1v) is 7.51. The van der Waals surface area contributed by atoms with Crippen molar-refractivity contribution in [2.75, 3.05) is 5.75 Å². The minimum Gasteiger partial charge on any atom is -0.351 e. The average Bonchev–Trinajstić information content (AvgIpc) is 2.94. The zero-order chi connectivity index (χ0) is 18.1. The van der Waals surface area contributed by atoms with Crippen molar-refractivity contribution in [2.24, 2.45) is 0 Å². The lowest BCUT2D eigenvalue weighted by Gasteiger charge is -2.09. The highest BCUT2D eigenvalue weighted by molar-refractivity contribution is 7.85. The molecule has 0 bridgehead atoms. The molecule has 0 N–H and O–H groups in total. The maximum atomic E-state index is 13.0. The van der Waals surface area contributed by atoms with Crippen molar-refractivity contribution >= 4 is 10.8 Å². The summed E-state index contributed by atoms with van der Waals surface area (Å²) in [6.07, 6.45) is -9.51. The topological polar surface area (TPSA) is 43.1 Å². The number of aromatic nitrogens is 1. The van der Waals surface area contributed by atoms with E-state index in [1.807, 2.05) is 0 Å². The summed E-state index contributed by atoms with van der Waals surface area (Å²) >= 11 is 0. The molecule has 1 unspecified atom stereocenters. The number of hydrogen-bond acceptors (Lipinski definition) is 3. The van der Waals surface area contributed by atoms with Crippen LogP contribution in [0.5, 0.6) is 0 Å². The van der Waals surface area contributed by atoms with Crippen LogP contribution in [0.4, 0.5) is 30.7 Å². The molecule has 0 radical (unpaired) electrons. The van der Waals surface area contributed by atoms with Crippen molar-refractivity contribution in [2.45, 2.75) is 23.9 Å². The van der Waals surface area contributed by atoms with Gasteiger partial charge in [0.05, 0.1) is 10.8 Å². The molecular weight excluding hydrogens is 367 g/mol. The smallest absolute Gasteiger partial charge is 0.351 e. The molecule has 1 aromatic carbocycles. The van der Waals surface area contributed by atoms with Crippen molar-refractivity contribution < 1.29 is 39.5 Å². The highest BCUT2D eigenvalue weighted by atomic mass is 32.2. The number of halogens is 7. The molecule has 0 amide bonds. The van der Waals surface area contributed by atoms with Gasteiger partial charge in [0, 0.05) is 16.5 Å². The summed E-state index contributed by atoms with van der Waals surface area (Å²) in [6.45, 7) is -1.10. The molecule has 0 fully saturated rings. The lowest BCUT2D eigenvalue weighted by molar-refractivity contribution is -0.155. The third-order valence-corrected chi connectivity index (χ3v) is 4.22. The van der Waals surface area contributed by atoms with Gasteiger partial charge in [-0.15, -0.1) is 0 Å². The lowest BCUT2D eigenvalue weighted by Crippen LogP contribution is -2.18. The van der Waals surface area contributed by atoms with E-state index < -0.39 is 47.0 Å². The van der Waals surface area contributed by atoms with Gasteiger partial charge in [0.15, 0.2) is 0 Å². The average molecular weight is 375 g/mol. The van der Waals surface area contributed by atoms with Crippen LogP contribution >= 0.6 is 0 Å². The fraction of sp³-hybridized carbons (Fsp3) is 0.308. The molecule has 132 valence electrons. The second-order valence-corrected chi connectivity index (χ2v) is 6.08.